The Morgan fingerprint density at radius 2 is 1.89 bits per heavy atom. The molecule has 4 rings (SSSR count). The number of phenols is 1. The number of carbonyl (C=O) groups excluding carboxylic acids is 3. The van der Waals surface area contributed by atoms with Gasteiger partial charge >= 0.3 is 5.97 Å². The average Bonchev–Trinajstić information content (AvgIpc) is 3.22. The van der Waals surface area contributed by atoms with Gasteiger partial charge in [-0.2, -0.15) is 5.26 Å². The number of ether oxygens (including phenoxy) is 2. The van der Waals surface area contributed by atoms with Gasteiger partial charge < -0.3 is 24.4 Å². The van der Waals surface area contributed by atoms with E-state index in [2.05, 4.69) is 6.07 Å². The van der Waals surface area contributed by atoms with Crippen molar-refractivity contribution in [1.82, 2.24) is 9.80 Å². The Kier molecular flexibility index (Phi) is 7.86. The molecule has 2 aliphatic heterocycles. The monoisotopic (exact) mass is 491 g/mol. The van der Waals surface area contributed by atoms with E-state index in [9.17, 15) is 24.8 Å². The van der Waals surface area contributed by atoms with Gasteiger partial charge in [0.2, 0.25) is 5.91 Å². The lowest BCUT2D eigenvalue weighted by atomic mass is 10.0. The number of likely N-dealkylation sites (tertiary alicyclic amines) is 1. The van der Waals surface area contributed by atoms with Gasteiger partial charge in [0.15, 0.2) is 0 Å². The van der Waals surface area contributed by atoms with Gasteiger partial charge in [0.25, 0.3) is 5.91 Å². The van der Waals surface area contributed by atoms with Gasteiger partial charge in [-0.05, 0) is 61.2 Å². The zero-order chi connectivity index (χ0) is 25.7. The molecule has 2 heterocycles. The molecule has 2 amide bonds. The highest BCUT2D eigenvalue weighted by atomic mass is 16.6. The number of benzene rings is 2. The molecule has 0 saturated carbocycles. The van der Waals surface area contributed by atoms with Crippen molar-refractivity contribution in [2.24, 2.45) is 0 Å². The molecule has 0 bridgehead atoms. The molecule has 36 heavy (non-hydrogen) atoms. The molecule has 2 aromatic carbocycles. The van der Waals surface area contributed by atoms with E-state index < -0.39 is 12.0 Å². The minimum absolute atomic E-state index is 0.110. The summed E-state index contributed by atoms with van der Waals surface area (Å²) in [6.45, 7) is 3.08. The van der Waals surface area contributed by atoms with E-state index in [1.165, 1.54) is 0 Å². The molecule has 1 atom stereocenters. The van der Waals surface area contributed by atoms with Crippen molar-refractivity contribution in [3.05, 3.63) is 64.7 Å². The minimum atomic E-state index is -0.739. The molecule has 0 aliphatic carbocycles. The maximum absolute atomic E-state index is 13.7. The van der Waals surface area contributed by atoms with Gasteiger partial charge in [0, 0.05) is 31.6 Å². The van der Waals surface area contributed by atoms with Crippen LogP contribution in [-0.4, -0.2) is 71.1 Å². The Morgan fingerprint density at radius 3 is 2.56 bits per heavy atom. The fraction of sp³-hybridized carbons (Fsp3) is 0.407. The highest BCUT2D eigenvalue weighted by Gasteiger charge is 2.39. The molecule has 0 radical (unpaired) electrons. The van der Waals surface area contributed by atoms with Crippen LogP contribution in [0.15, 0.2) is 42.5 Å². The van der Waals surface area contributed by atoms with Gasteiger partial charge in [0.05, 0.1) is 24.3 Å². The lowest BCUT2D eigenvalue weighted by Crippen LogP contribution is -2.52. The van der Waals surface area contributed by atoms with Crippen LogP contribution in [0.1, 0.15) is 46.8 Å². The number of phenolic OH excluding ortho intramolecular Hbond substituents is 1. The number of hydrogen-bond acceptors (Lipinski definition) is 7. The second-order valence-corrected chi connectivity index (χ2v) is 8.94. The molecule has 9 heteroatoms. The molecule has 1 saturated heterocycles. The second-order valence-electron chi connectivity index (χ2n) is 8.94. The van der Waals surface area contributed by atoms with Crippen molar-refractivity contribution in [3.8, 4) is 11.8 Å². The van der Waals surface area contributed by atoms with E-state index >= 15 is 0 Å². The van der Waals surface area contributed by atoms with Crippen LogP contribution in [0.3, 0.4) is 0 Å². The Bertz CT molecular complexity index is 1170. The number of amides is 2. The number of fused-ring (bicyclic) bond motifs is 1. The Labute approximate surface area is 209 Å². The molecule has 1 N–H and O–H groups in total. The number of esters is 1. The third-order valence-electron chi connectivity index (χ3n) is 6.59. The number of nitriles is 1. The quantitative estimate of drug-likeness (QED) is 0.563. The van der Waals surface area contributed by atoms with Gasteiger partial charge in [-0.15, -0.1) is 0 Å². The average molecular weight is 492 g/mol. The zero-order valence-electron chi connectivity index (χ0n) is 20.2. The molecule has 9 nitrogen and oxygen atoms in total. The topological polar surface area (TPSA) is 120 Å². The van der Waals surface area contributed by atoms with E-state index in [-0.39, 0.29) is 36.8 Å². The number of aromatic hydroxyl groups is 1. The molecule has 0 spiro atoms. The molecule has 1 unspecified atom stereocenters. The van der Waals surface area contributed by atoms with Crippen LogP contribution in [0.5, 0.6) is 5.75 Å². The first kappa shape index (κ1) is 25.2. The summed E-state index contributed by atoms with van der Waals surface area (Å²) in [5.41, 5.74) is 2.52. The lowest BCUT2D eigenvalue weighted by molar-refractivity contribution is -0.152. The van der Waals surface area contributed by atoms with Crippen LogP contribution in [0, 0.1) is 11.3 Å². The Balaban J connectivity index is 1.48. The number of piperidine rings is 1. The smallest absolute Gasteiger partial charge is 0.332 e. The summed E-state index contributed by atoms with van der Waals surface area (Å²) in [6, 6.07) is 12.9. The van der Waals surface area contributed by atoms with Crippen LogP contribution in [0.4, 0.5) is 0 Å². The fourth-order valence-corrected chi connectivity index (χ4v) is 4.69. The van der Waals surface area contributed by atoms with E-state index in [4.69, 9.17) is 9.47 Å². The van der Waals surface area contributed by atoms with Crippen molar-refractivity contribution in [3.63, 3.8) is 0 Å². The molecule has 1 fully saturated rings. The van der Waals surface area contributed by atoms with Gasteiger partial charge in [0.1, 0.15) is 18.4 Å². The number of hydrogen-bond donors (Lipinski definition) is 1. The van der Waals surface area contributed by atoms with Gasteiger partial charge in [-0.25, -0.2) is 4.79 Å². The van der Waals surface area contributed by atoms with E-state index in [0.717, 1.165) is 11.1 Å². The summed E-state index contributed by atoms with van der Waals surface area (Å²) >= 11 is 0. The van der Waals surface area contributed by atoms with Crippen molar-refractivity contribution >= 4 is 17.8 Å². The highest BCUT2D eigenvalue weighted by Crippen LogP contribution is 2.29. The van der Waals surface area contributed by atoms with Crippen LogP contribution in [-0.2, 0) is 32.0 Å². The van der Waals surface area contributed by atoms with E-state index in [0.29, 0.717) is 50.1 Å². The van der Waals surface area contributed by atoms with Crippen molar-refractivity contribution < 1.29 is 29.0 Å². The van der Waals surface area contributed by atoms with E-state index in [1.807, 2.05) is 0 Å². The predicted octanol–water partition coefficient (Wildman–Crippen LogP) is 2.40. The normalized spacial score (nSPS) is 16.4. The predicted molar refractivity (Wildman–Crippen MR) is 129 cm³/mol. The fourth-order valence-electron chi connectivity index (χ4n) is 4.69. The molecular weight excluding hydrogens is 462 g/mol. The minimum Gasteiger partial charge on any atom is -0.508 e. The summed E-state index contributed by atoms with van der Waals surface area (Å²) in [5, 5.41) is 18.9. The summed E-state index contributed by atoms with van der Waals surface area (Å²) in [5.74, 6) is -0.676. The Morgan fingerprint density at radius 1 is 1.17 bits per heavy atom. The van der Waals surface area contributed by atoms with Crippen molar-refractivity contribution in [1.29, 1.82) is 5.26 Å². The van der Waals surface area contributed by atoms with Crippen LogP contribution < -0.4 is 0 Å². The SMILES string of the molecule is CCOC(=O)COC1CCN(C(=O)C(Cc2ccc(O)cc2)N2Cc3cc(C#N)ccc3C2=O)CC1. The van der Waals surface area contributed by atoms with Crippen LogP contribution in [0.25, 0.3) is 0 Å². The molecule has 0 aromatic heterocycles. The van der Waals surface area contributed by atoms with Gasteiger partial charge in [-0.3, -0.25) is 9.59 Å². The molecule has 188 valence electrons. The van der Waals surface area contributed by atoms with Crippen LogP contribution in [0.2, 0.25) is 0 Å². The van der Waals surface area contributed by atoms with Crippen molar-refractivity contribution in [2.45, 2.75) is 44.9 Å². The number of carbonyl (C=O) groups is 3. The standard InChI is InChI=1S/C27H29N3O6/c1-2-35-25(32)17-36-22-9-11-29(12-10-22)27(34)24(14-18-3-6-21(31)7-4-18)30-16-20-13-19(15-28)5-8-23(20)26(30)33/h3-8,13,22,24,31H,2,9-12,14,16-17H2,1H3. The Hall–Kier alpha value is -3.90. The third kappa shape index (κ3) is 5.66. The maximum atomic E-state index is 13.7. The molecular formula is C27H29N3O6. The summed E-state index contributed by atoms with van der Waals surface area (Å²) < 4.78 is 10.5. The van der Waals surface area contributed by atoms with Crippen LogP contribution >= 0.6 is 0 Å². The summed E-state index contributed by atoms with van der Waals surface area (Å²) in [6.07, 6.45) is 1.31. The summed E-state index contributed by atoms with van der Waals surface area (Å²) in [4.78, 5) is 41.9. The molecule has 2 aromatic rings. The lowest BCUT2D eigenvalue weighted by Gasteiger charge is -2.36. The maximum Gasteiger partial charge on any atom is 0.332 e. The third-order valence-corrected chi connectivity index (χ3v) is 6.59. The number of nitrogens with zero attached hydrogens (tertiary/aromatic N) is 3. The van der Waals surface area contributed by atoms with E-state index in [1.54, 1.807) is 59.2 Å². The molecule has 2 aliphatic rings. The first-order valence-electron chi connectivity index (χ1n) is 12.1. The second kappa shape index (κ2) is 11.2. The first-order valence-corrected chi connectivity index (χ1v) is 12.1. The zero-order valence-corrected chi connectivity index (χ0v) is 20.2. The van der Waals surface area contributed by atoms with Crippen molar-refractivity contribution in [2.75, 3.05) is 26.3 Å². The van der Waals surface area contributed by atoms with Gasteiger partial charge in [-0.1, -0.05) is 12.1 Å². The first-order chi connectivity index (χ1) is 17.4. The highest BCUT2D eigenvalue weighted by molar-refractivity contribution is 6.01. The number of rotatable bonds is 8. The summed E-state index contributed by atoms with van der Waals surface area (Å²) in [7, 11) is 0. The largest absolute Gasteiger partial charge is 0.508 e.